The second-order valence-electron chi connectivity index (χ2n) is 8.15. The molecule has 0 aliphatic heterocycles. The van der Waals surface area contributed by atoms with Gasteiger partial charge in [0.05, 0.1) is 17.1 Å². The number of halogens is 2. The molecule has 3 N–H and O–H groups in total. The molecule has 1 unspecified atom stereocenters. The fourth-order valence-corrected chi connectivity index (χ4v) is 3.84. The average molecular weight is 446 g/mol. The first kappa shape index (κ1) is 23.7. The van der Waals surface area contributed by atoms with Crippen LogP contribution < -0.4 is 15.4 Å². The Balaban J connectivity index is 1.64. The lowest BCUT2D eigenvalue weighted by molar-refractivity contribution is -0.134. The first-order chi connectivity index (χ1) is 15.2. The summed E-state index contributed by atoms with van der Waals surface area (Å²) in [4.78, 5) is 24.2. The van der Waals surface area contributed by atoms with Gasteiger partial charge < -0.3 is 15.2 Å². The van der Waals surface area contributed by atoms with Crippen LogP contribution in [0.3, 0.4) is 0 Å². The second kappa shape index (κ2) is 10.1. The van der Waals surface area contributed by atoms with E-state index in [4.69, 9.17) is 9.84 Å². The zero-order valence-electron chi connectivity index (χ0n) is 17.9. The zero-order valence-corrected chi connectivity index (χ0v) is 17.9. The van der Waals surface area contributed by atoms with E-state index in [0.29, 0.717) is 18.9 Å². The molecule has 1 amide bonds. The van der Waals surface area contributed by atoms with Gasteiger partial charge in [-0.1, -0.05) is 30.3 Å². The maximum absolute atomic E-state index is 13.8. The van der Waals surface area contributed by atoms with Crippen molar-refractivity contribution in [2.75, 3.05) is 13.2 Å². The third kappa shape index (κ3) is 6.03. The highest BCUT2D eigenvalue weighted by molar-refractivity contribution is 5.88. The van der Waals surface area contributed by atoms with Crippen molar-refractivity contribution >= 4 is 11.9 Å². The zero-order chi connectivity index (χ0) is 23.2. The van der Waals surface area contributed by atoms with Crippen molar-refractivity contribution in [1.82, 2.24) is 10.6 Å². The number of rotatable bonds is 9. The van der Waals surface area contributed by atoms with Gasteiger partial charge in [0.2, 0.25) is 11.8 Å². The van der Waals surface area contributed by atoms with Gasteiger partial charge in [0.25, 0.3) is 0 Å². The van der Waals surface area contributed by atoms with E-state index in [-0.39, 0.29) is 37.2 Å². The summed E-state index contributed by atoms with van der Waals surface area (Å²) in [6.07, 6.45) is -0.701. The van der Waals surface area contributed by atoms with Gasteiger partial charge in [-0.15, -0.1) is 0 Å². The Labute approximate surface area is 186 Å². The molecule has 1 aliphatic carbocycles. The third-order valence-electron chi connectivity index (χ3n) is 5.85. The van der Waals surface area contributed by atoms with Crippen molar-refractivity contribution < 1.29 is 28.2 Å². The molecule has 2 aromatic carbocycles. The molecular formula is C24H28F2N2O4. The minimum Gasteiger partial charge on any atom is -0.492 e. The van der Waals surface area contributed by atoms with E-state index < -0.39 is 23.5 Å². The van der Waals surface area contributed by atoms with Crippen LogP contribution in [0.4, 0.5) is 8.78 Å². The maximum atomic E-state index is 13.8. The number of para-hydroxylation sites is 1. The van der Waals surface area contributed by atoms with E-state index in [9.17, 15) is 18.4 Å². The summed E-state index contributed by atoms with van der Waals surface area (Å²) < 4.78 is 33.3. The fourth-order valence-electron chi connectivity index (χ4n) is 3.84. The summed E-state index contributed by atoms with van der Waals surface area (Å²) >= 11 is 0. The molecule has 32 heavy (non-hydrogen) atoms. The van der Waals surface area contributed by atoms with Crippen molar-refractivity contribution in [1.29, 1.82) is 0 Å². The monoisotopic (exact) mass is 446 g/mol. The topological polar surface area (TPSA) is 87.7 Å². The molecule has 0 spiro atoms. The second-order valence-corrected chi connectivity index (χ2v) is 8.15. The molecule has 6 nitrogen and oxygen atoms in total. The Morgan fingerprint density at radius 2 is 1.66 bits per heavy atom. The van der Waals surface area contributed by atoms with Crippen LogP contribution in [0.15, 0.2) is 54.6 Å². The number of amides is 1. The molecular weight excluding hydrogens is 418 g/mol. The highest BCUT2D eigenvalue weighted by Gasteiger charge is 2.47. The summed E-state index contributed by atoms with van der Waals surface area (Å²) in [7, 11) is 0. The van der Waals surface area contributed by atoms with Crippen LogP contribution in [-0.4, -0.2) is 41.6 Å². The summed E-state index contributed by atoms with van der Waals surface area (Å²) in [5.41, 5.74) is -0.234. The minimum absolute atomic E-state index is 0.0157. The van der Waals surface area contributed by atoms with Crippen LogP contribution in [0.5, 0.6) is 5.75 Å². The number of carboxylic acid groups (broad SMARTS) is 1. The molecule has 3 rings (SSSR count). The molecule has 8 heteroatoms. The summed E-state index contributed by atoms with van der Waals surface area (Å²) in [6, 6.07) is 15.0. The van der Waals surface area contributed by atoms with Gasteiger partial charge in [-0.2, -0.15) is 0 Å². The molecule has 1 fully saturated rings. The molecule has 1 atom stereocenters. The van der Waals surface area contributed by atoms with Crippen LogP contribution in [-0.2, 0) is 4.79 Å². The molecule has 172 valence electrons. The van der Waals surface area contributed by atoms with Crippen molar-refractivity contribution in [3.63, 3.8) is 0 Å². The van der Waals surface area contributed by atoms with Gasteiger partial charge in [0, 0.05) is 19.4 Å². The summed E-state index contributed by atoms with van der Waals surface area (Å²) in [6.45, 7) is 2.40. The van der Waals surface area contributed by atoms with E-state index >= 15 is 0 Å². The number of benzene rings is 2. The lowest BCUT2D eigenvalue weighted by Crippen LogP contribution is -2.60. The van der Waals surface area contributed by atoms with Crippen LogP contribution in [0.25, 0.3) is 0 Å². The van der Waals surface area contributed by atoms with E-state index in [1.54, 1.807) is 19.1 Å². The number of nitrogens with one attached hydrogen (secondary N) is 2. The van der Waals surface area contributed by atoms with E-state index in [1.807, 2.05) is 30.3 Å². The van der Waals surface area contributed by atoms with Crippen molar-refractivity contribution in [2.24, 2.45) is 0 Å². The smallest absolute Gasteiger partial charge is 0.335 e. The Hall–Kier alpha value is -3.00. The van der Waals surface area contributed by atoms with Gasteiger partial charge in [-0.05, 0) is 49.6 Å². The summed E-state index contributed by atoms with van der Waals surface area (Å²) in [5, 5.41) is 15.1. The number of carboxylic acids is 1. The van der Waals surface area contributed by atoms with Crippen LogP contribution in [0.2, 0.25) is 0 Å². The van der Waals surface area contributed by atoms with E-state index in [2.05, 4.69) is 10.6 Å². The quantitative estimate of drug-likeness (QED) is 0.503. The number of carbonyl (C=O) groups is 2. The number of aromatic carboxylic acids is 1. The van der Waals surface area contributed by atoms with Gasteiger partial charge in [-0.3, -0.25) is 10.1 Å². The van der Waals surface area contributed by atoms with Crippen molar-refractivity contribution in [3.8, 4) is 5.75 Å². The van der Waals surface area contributed by atoms with Crippen molar-refractivity contribution in [2.45, 2.75) is 50.1 Å². The third-order valence-corrected chi connectivity index (χ3v) is 5.85. The normalized spacial score (nSPS) is 17.8. The molecule has 2 aromatic rings. The molecule has 0 radical (unpaired) electrons. The number of hydrogen-bond donors (Lipinski definition) is 3. The summed E-state index contributed by atoms with van der Waals surface area (Å²) in [5.74, 6) is -3.45. The van der Waals surface area contributed by atoms with E-state index in [1.165, 1.54) is 12.1 Å². The number of ether oxygens (including phenoxy) is 1. The Kier molecular flexibility index (Phi) is 7.45. The number of carbonyl (C=O) groups excluding carboxylic acids is 1. The van der Waals surface area contributed by atoms with Crippen molar-refractivity contribution in [3.05, 3.63) is 65.7 Å². The lowest BCUT2D eigenvalue weighted by Gasteiger charge is -2.40. The van der Waals surface area contributed by atoms with Crippen LogP contribution in [0.1, 0.15) is 54.6 Å². The maximum Gasteiger partial charge on any atom is 0.335 e. The highest BCUT2D eigenvalue weighted by Crippen LogP contribution is 2.39. The SMILES string of the molecule is CC(NC(=O)C1(NCCOc2ccccc2)CCC(F)(F)CC1)c1ccc(C(=O)O)cc1. The number of hydrogen-bond acceptors (Lipinski definition) is 4. The van der Waals surface area contributed by atoms with Crippen LogP contribution in [0, 0.1) is 0 Å². The van der Waals surface area contributed by atoms with Gasteiger partial charge in [-0.25, -0.2) is 13.6 Å². The molecule has 1 saturated carbocycles. The van der Waals surface area contributed by atoms with Gasteiger partial charge in [0.15, 0.2) is 0 Å². The predicted molar refractivity (Wildman–Crippen MR) is 116 cm³/mol. The predicted octanol–water partition coefficient (Wildman–Crippen LogP) is 4.18. The molecule has 1 aliphatic rings. The Bertz CT molecular complexity index is 909. The standard InChI is InChI=1S/C24H28F2N2O4/c1-17(18-7-9-19(10-8-18)21(29)30)28-22(31)23(11-13-24(25,26)14-12-23)27-15-16-32-20-5-3-2-4-6-20/h2-10,17,27H,11-16H2,1H3,(H,28,31)(H,29,30). The van der Waals surface area contributed by atoms with Gasteiger partial charge >= 0.3 is 5.97 Å². The molecule has 0 aromatic heterocycles. The largest absolute Gasteiger partial charge is 0.492 e. The number of alkyl halides is 2. The highest BCUT2D eigenvalue weighted by atomic mass is 19.3. The fraction of sp³-hybridized carbons (Fsp3) is 0.417. The minimum atomic E-state index is -2.77. The molecule has 0 heterocycles. The van der Waals surface area contributed by atoms with Gasteiger partial charge in [0.1, 0.15) is 12.4 Å². The van der Waals surface area contributed by atoms with Crippen LogP contribution >= 0.6 is 0 Å². The Morgan fingerprint density at radius 3 is 2.25 bits per heavy atom. The van der Waals surface area contributed by atoms with E-state index in [0.717, 1.165) is 5.56 Å². The first-order valence-electron chi connectivity index (χ1n) is 10.7. The Morgan fingerprint density at radius 1 is 1.03 bits per heavy atom. The molecule has 0 bridgehead atoms. The first-order valence-corrected chi connectivity index (χ1v) is 10.7. The average Bonchev–Trinajstić information content (AvgIpc) is 2.78. The molecule has 0 saturated heterocycles. The lowest BCUT2D eigenvalue weighted by atomic mass is 9.78.